The van der Waals surface area contributed by atoms with E-state index in [-0.39, 0.29) is 11.6 Å². The summed E-state index contributed by atoms with van der Waals surface area (Å²) in [6, 6.07) is 5.87. The molecule has 1 aromatic heterocycles. The second-order valence-corrected chi connectivity index (χ2v) is 8.37. The molecule has 0 bridgehead atoms. The first-order valence-electron chi connectivity index (χ1n) is 9.41. The Morgan fingerprint density at radius 1 is 1.35 bits per heavy atom. The van der Waals surface area contributed by atoms with Crippen LogP contribution in [0.4, 0.5) is 4.79 Å². The number of allylic oxidation sites excluding steroid dienone is 1. The molecule has 0 N–H and O–H groups in total. The predicted octanol–water partition coefficient (Wildman–Crippen LogP) is 4.62. The van der Waals surface area contributed by atoms with Crippen LogP contribution in [0.1, 0.15) is 64.3 Å². The Bertz CT molecular complexity index is 773. The van der Waals surface area contributed by atoms with Crippen LogP contribution in [0.25, 0.3) is 0 Å². The van der Waals surface area contributed by atoms with Gasteiger partial charge in [0, 0.05) is 17.8 Å². The molecule has 0 unspecified atom stereocenters. The van der Waals surface area contributed by atoms with Gasteiger partial charge in [-0.1, -0.05) is 17.6 Å². The first-order chi connectivity index (χ1) is 12.3. The number of carbonyl (C=O) groups excluding carboxylic acids is 1. The number of carbonyl (C=O) groups is 1. The van der Waals surface area contributed by atoms with Crippen LogP contribution in [0.3, 0.4) is 0 Å². The molecule has 138 valence electrons. The molecule has 1 saturated heterocycles. The number of ether oxygens (including phenoxy) is 1. The molecule has 2 heterocycles. The Balaban J connectivity index is 1.70. The third kappa shape index (κ3) is 4.27. The molecule has 1 aliphatic carbocycles. The zero-order valence-corrected chi connectivity index (χ0v) is 16.3. The topological polar surface area (TPSA) is 42.4 Å². The van der Waals surface area contributed by atoms with Crippen LogP contribution in [0.2, 0.25) is 0 Å². The van der Waals surface area contributed by atoms with Gasteiger partial charge in [-0.2, -0.15) is 0 Å². The SMILES string of the molecule is Cc1cccc(C#C/C=C2/CCN(C(=O)OC(C)(C)C)C3(CCC3)C2)n1. The quantitative estimate of drug-likeness (QED) is 0.640. The van der Waals surface area contributed by atoms with Crippen molar-refractivity contribution in [3.05, 3.63) is 41.2 Å². The zero-order valence-electron chi connectivity index (χ0n) is 16.3. The van der Waals surface area contributed by atoms with Gasteiger partial charge in [0.05, 0.1) is 0 Å². The van der Waals surface area contributed by atoms with Gasteiger partial charge in [-0.25, -0.2) is 9.78 Å². The van der Waals surface area contributed by atoms with Gasteiger partial charge in [-0.3, -0.25) is 0 Å². The molecule has 1 amide bonds. The maximum absolute atomic E-state index is 12.6. The number of amides is 1. The number of rotatable bonds is 0. The molecule has 1 aliphatic heterocycles. The maximum Gasteiger partial charge on any atom is 0.410 e. The van der Waals surface area contributed by atoms with Gasteiger partial charge in [0.15, 0.2) is 0 Å². The van der Waals surface area contributed by atoms with Crippen molar-refractivity contribution in [2.24, 2.45) is 0 Å². The summed E-state index contributed by atoms with van der Waals surface area (Å²) in [6.45, 7) is 8.44. The molecule has 2 fully saturated rings. The van der Waals surface area contributed by atoms with Crippen molar-refractivity contribution in [3.8, 4) is 11.8 Å². The number of hydrogen-bond acceptors (Lipinski definition) is 3. The predicted molar refractivity (Wildman–Crippen MR) is 103 cm³/mol. The number of aromatic nitrogens is 1. The van der Waals surface area contributed by atoms with E-state index in [4.69, 9.17) is 4.74 Å². The van der Waals surface area contributed by atoms with Crippen molar-refractivity contribution in [3.63, 3.8) is 0 Å². The molecule has 4 heteroatoms. The van der Waals surface area contributed by atoms with Crippen LogP contribution in [-0.4, -0.2) is 33.7 Å². The molecule has 1 aromatic rings. The van der Waals surface area contributed by atoms with Crippen LogP contribution in [0.15, 0.2) is 29.8 Å². The van der Waals surface area contributed by atoms with Crippen molar-refractivity contribution in [1.82, 2.24) is 9.88 Å². The lowest BCUT2D eigenvalue weighted by Crippen LogP contribution is -2.59. The molecular formula is C22H28N2O2. The van der Waals surface area contributed by atoms with Crippen LogP contribution in [-0.2, 0) is 4.74 Å². The Morgan fingerprint density at radius 2 is 2.12 bits per heavy atom. The highest BCUT2D eigenvalue weighted by Crippen LogP contribution is 2.46. The third-order valence-corrected chi connectivity index (χ3v) is 5.05. The number of likely N-dealkylation sites (tertiary alicyclic amines) is 1. The number of nitrogens with zero attached hydrogens (tertiary/aromatic N) is 2. The van der Waals surface area contributed by atoms with E-state index in [9.17, 15) is 4.79 Å². The molecule has 1 spiro atoms. The summed E-state index contributed by atoms with van der Waals surface area (Å²) in [5.74, 6) is 6.28. The Labute approximate surface area is 156 Å². The zero-order chi connectivity index (χ0) is 18.8. The lowest BCUT2D eigenvalue weighted by molar-refractivity contribution is -0.0338. The number of pyridine rings is 1. The Hall–Kier alpha value is -2.28. The molecule has 4 nitrogen and oxygen atoms in total. The summed E-state index contributed by atoms with van der Waals surface area (Å²) >= 11 is 0. The maximum atomic E-state index is 12.6. The van der Waals surface area contributed by atoms with E-state index < -0.39 is 5.60 Å². The molecule has 0 atom stereocenters. The van der Waals surface area contributed by atoms with Gasteiger partial charge in [-0.05, 0) is 83.9 Å². The van der Waals surface area contributed by atoms with E-state index in [0.29, 0.717) is 6.54 Å². The van der Waals surface area contributed by atoms with Gasteiger partial charge in [-0.15, -0.1) is 0 Å². The van der Waals surface area contributed by atoms with Gasteiger partial charge >= 0.3 is 6.09 Å². The van der Waals surface area contributed by atoms with E-state index in [0.717, 1.165) is 37.1 Å². The Kier molecular flexibility index (Phi) is 5.09. The second-order valence-electron chi connectivity index (χ2n) is 8.37. The van der Waals surface area contributed by atoms with Crippen LogP contribution in [0.5, 0.6) is 0 Å². The minimum Gasteiger partial charge on any atom is -0.444 e. The summed E-state index contributed by atoms with van der Waals surface area (Å²) in [7, 11) is 0. The van der Waals surface area contributed by atoms with Crippen LogP contribution in [0, 0.1) is 18.8 Å². The number of piperidine rings is 1. The van der Waals surface area contributed by atoms with E-state index in [1.807, 2.05) is 56.9 Å². The molecule has 0 radical (unpaired) electrons. The van der Waals surface area contributed by atoms with Gasteiger partial charge < -0.3 is 9.64 Å². The fourth-order valence-corrected chi connectivity index (χ4v) is 3.68. The normalized spacial score (nSPS) is 20.3. The van der Waals surface area contributed by atoms with Crippen molar-refractivity contribution in [2.75, 3.05) is 6.54 Å². The summed E-state index contributed by atoms with van der Waals surface area (Å²) < 4.78 is 5.63. The standard InChI is InChI=1S/C22H28N2O2/c1-17-8-5-10-19(23-17)11-6-9-18-12-15-24(20(25)26-21(2,3)4)22(16-18)13-7-14-22/h5,8-10H,7,12-16H2,1-4H3/b18-9-. The summed E-state index contributed by atoms with van der Waals surface area (Å²) in [5, 5.41) is 0. The van der Waals surface area contributed by atoms with E-state index in [2.05, 4.69) is 16.8 Å². The summed E-state index contributed by atoms with van der Waals surface area (Å²) in [5.41, 5.74) is 2.58. The Morgan fingerprint density at radius 3 is 2.73 bits per heavy atom. The minimum atomic E-state index is -0.454. The molecule has 2 aliphatic rings. The summed E-state index contributed by atoms with van der Waals surface area (Å²) in [4.78, 5) is 19.0. The fraction of sp³-hybridized carbons (Fsp3) is 0.545. The van der Waals surface area contributed by atoms with Crippen molar-refractivity contribution in [2.45, 2.75) is 70.9 Å². The van der Waals surface area contributed by atoms with Crippen LogP contribution < -0.4 is 0 Å². The van der Waals surface area contributed by atoms with Gasteiger partial charge in [0.2, 0.25) is 0 Å². The van der Waals surface area contributed by atoms with Crippen molar-refractivity contribution < 1.29 is 9.53 Å². The highest BCUT2D eigenvalue weighted by atomic mass is 16.6. The van der Waals surface area contributed by atoms with E-state index in [1.165, 1.54) is 12.0 Å². The lowest BCUT2D eigenvalue weighted by atomic mass is 9.69. The highest BCUT2D eigenvalue weighted by molar-refractivity contribution is 5.70. The molecular weight excluding hydrogens is 324 g/mol. The van der Waals surface area contributed by atoms with Crippen molar-refractivity contribution in [1.29, 1.82) is 0 Å². The van der Waals surface area contributed by atoms with Gasteiger partial charge in [0.25, 0.3) is 0 Å². The minimum absolute atomic E-state index is 0.0598. The van der Waals surface area contributed by atoms with Gasteiger partial charge in [0.1, 0.15) is 11.3 Å². The fourth-order valence-electron chi connectivity index (χ4n) is 3.68. The second kappa shape index (κ2) is 7.15. The van der Waals surface area contributed by atoms with Crippen LogP contribution >= 0.6 is 0 Å². The number of aryl methyl sites for hydroxylation is 1. The highest BCUT2D eigenvalue weighted by Gasteiger charge is 2.48. The lowest BCUT2D eigenvalue weighted by Gasteiger charge is -2.53. The molecule has 0 aromatic carbocycles. The largest absolute Gasteiger partial charge is 0.444 e. The smallest absolute Gasteiger partial charge is 0.410 e. The first kappa shape index (κ1) is 18.5. The number of hydrogen-bond donors (Lipinski definition) is 0. The third-order valence-electron chi connectivity index (χ3n) is 5.05. The molecule has 3 rings (SSSR count). The molecule has 26 heavy (non-hydrogen) atoms. The molecule has 1 saturated carbocycles. The average Bonchev–Trinajstić information content (AvgIpc) is 2.51. The summed E-state index contributed by atoms with van der Waals surface area (Å²) in [6.07, 6.45) is 6.89. The monoisotopic (exact) mass is 352 g/mol. The average molecular weight is 352 g/mol. The van der Waals surface area contributed by atoms with E-state index in [1.54, 1.807) is 0 Å². The van der Waals surface area contributed by atoms with Crippen molar-refractivity contribution >= 4 is 6.09 Å². The first-order valence-corrected chi connectivity index (χ1v) is 9.41. The van der Waals surface area contributed by atoms with E-state index >= 15 is 0 Å².